The number of nitrogens with two attached hydrogens (primary N) is 1. The van der Waals surface area contributed by atoms with Crippen molar-refractivity contribution in [3.05, 3.63) is 41.7 Å². The van der Waals surface area contributed by atoms with E-state index in [0.717, 1.165) is 5.69 Å². The number of carbonyl (C=O) groups is 1. The Kier molecular flexibility index (Phi) is 3.79. The standard InChI is InChI=1S/C15H20N4O/c1-10(2)13-7-8-19(17-13)14-9-11(16)5-6-12(14)15(20)18(3)4/h5-10H,16H2,1-4H3. The number of aromatic nitrogens is 2. The number of rotatable bonds is 3. The van der Waals surface area contributed by atoms with Crippen molar-refractivity contribution in [2.75, 3.05) is 19.8 Å². The molecule has 0 fully saturated rings. The van der Waals surface area contributed by atoms with Crippen molar-refractivity contribution in [2.24, 2.45) is 0 Å². The summed E-state index contributed by atoms with van der Waals surface area (Å²) in [4.78, 5) is 13.8. The molecule has 1 aromatic heterocycles. The first-order valence-corrected chi connectivity index (χ1v) is 6.57. The Morgan fingerprint density at radius 2 is 2.00 bits per heavy atom. The second-order valence-corrected chi connectivity index (χ2v) is 5.32. The van der Waals surface area contributed by atoms with Crippen LogP contribution in [0.3, 0.4) is 0 Å². The third-order valence-electron chi connectivity index (χ3n) is 3.11. The Balaban J connectivity index is 2.53. The second kappa shape index (κ2) is 5.36. The highest BCUT2D eigenvalue weighted by molar-refractivity contribution is 5.98. The molecule has 5 nitrogen and oxygen atoms in total. The molecule has 0 saturated heterocycles. The first-order chi connectivity index (χ1) is 9.40. The van der Waals surface area contributed by atoms with Crippen LogP contribution < -0.4 is 5.73 Å². The lowest BCUT2D eigenvalue weighted by Crippen LogP contribution is -2.23. The van der Waals surface area contributed by atoms with Crippen molar-refractivity contribution in [1.82, 2.24) is 14.7 Å². The van der Waals surface area contributed by atoms with Gasteiger partial charge in [0.1, 0.15) is 0 Å². The molecule has 2 aromatic rings. The Morgan fingerprint density at radius 1 is 1.30 bits per heavy atom. The van der Waals surface area contributed by atoms with E-state index in [1.165, 1.54) is 0 Å². The summed E-state index contributed by atoms with van der Waals surface area (Å²) in [7, 11) is 3.45. The fourth-order valence-electron chi connectivity index (χ4n) is 1.94. The fraction of sp³-hybridized carbons (Fsp3) is 0.333. The molecule has 0 spiro atoms. The summed E-state index contributed by atoms with van der Waals surface area (Å²) >= 11 is 0. The van der Waals surface area contributed by atoms with E-state index >= 15 is 0 Å². The molecule has 0 aliphatic heterocycles. The molecule has 1 heterocycles. The van der Waals surface area contributed by atoms with Gasteiger partial charge in [0.25, 0.3) is 5.91 Å². The van der Waals surface area contributed by atoms with Crippen molar-refractivity contribution in [3.63, 3.8) is 0 Å². The molecule has 5 heteroatoms. The average Bonchev–Trinajstić information content (AvgIpc) is 2.87. The number of hydrogen-bond donors (Lipinski definition) is 1. The molecule has 2 N–H and O–H groups in total. The highest BCUT2D eigenvalue weighted by Gasteiger charge is 2.16. The van der Waals surface area contributed by atoms with E-state index in [4.69, 9.17) is 5.73 Å². The van der Waals surface area contributed by atoms with Gasteiger partial charge in [0.15, 0.2) is 0 Å². The zero-order valence-electron chi connectivity index (χ0n) is 12.3. The van der Waals surface area contributed by atoms with Crippen LogP contribution in [0.5, 0.6) is 0 Å². The summed E-state index contributed by atoms with van der Waals surface area (Å²) in [6, 6.07) is 7.20. The van der Waals surface area contributed by atoms with Gasteiger partial charge in [-0.3, -0.25) is 4.79 Å². The van der Waals surface area contributed by atoms with Crippen LogP contribution in [-0.4, -0.2) is 34.7 Å². The van der Waals surface area contributed by atoms with Gasteiger partial charge in [-0.2, -0.15) is 5.10 Å². The topological polar surface area (TPSA) is 64.2 Å². The maximum atomic E-state index is 12.2. The summed E-state index contributed by atoms with van der Waals surface area (Å²) in [5, 5.41) is 4.51. The van der Waals surface area contributed by atoms with Crippen molar-refractivity contribution < 1.29 is 4.79 Å². The normalized spacial score (nSPS) is 10.8. The van der Waals surface area contributed by atoms with E-state index in [0.29, 0.717) is 22.9 Å². The number of amides is 1. The molecule has 0 unspecified atom stereocenters. The number of nitrogens with zero attached hydrogens (tertiary/aromatic N) is 3. The largest absolute Gasteiger partial charge is 0.399 e. The number of nitrogen functional groups attached to an aromatic ring is 1. The van der Waals surface area contributed by atoms with Crippen LogP contribution in [0, 0.1) is 0 Å². The zero-order valence-corrected chi connectivity index (χ0v) is 12.3. The summed E-state index contributed by atoms with van der Waals surface area (Å²) in [6.07, 6.45) is 1.86. The third kappa shape index (κ3) is 2.66. The second-order valence-electron chi connectivity index (χ2n) is 5.32. The lowest BCUT2D eigenvalue weighted by Gasteiger charge is -2.14. The number of hydrogen-bond acceptors (Lipinski definition) is 3. The molecule has 0 bridgehead atoms. The monoisotopic (exact) mass is 272 g/mol. The molecule has 0 radical (unpaired) electrons. The maximum Gasteiger partial charge on any atom is 0.255 e. The minimum absolute atomic E-state index is 0.0680. The molecule has 0 saturated carbocycles. The molecule has 0 atom stereocenters. The number of anilines is 1. The predicted octanol–water partition coefficient (Wildman–Crippen LogP) is 2.28. The van der Waals surface area contributed by atoms with Gasteiger partial charge in [-0.25, -0.2) is 4.68 Å². The van der Waals surface area contributed by atoms with Crippen molar-refractivity contribution >= 4 is 11.6 Å². The predicted molar refractivity (Wildman–Crippen MR) is 80.1 cm³/mol. The van der Waals surface area contributed by atoms with Gasteiger partial charge in [-0.1, -0.05) is 13.8 Å². The molecule has 0 aliphatic rings. The SMILES string of the molecule is CC(C)c1ccn(-c2cc(N)ccc2C(=O)N(C)C)n1. The van der Waals surface area contributed by atoms with Gasteiger partial charge in [-0.05, 0) is 30.2 Å². The first kappa shape index (κ1) is 14.1. The van der Waals surface area contributed by atoms with Crippen LogP contribution in [-0.2, 0) is 0 Å². The summed E-state index contributed by atoms with van der Waals surface area (Å²) in [5.41, 5.74) is 8.72. The smallest absolute Gasteiger partial charge is 0.255 e. The average molecular weight is 272 g/mol. The van der Waals surface area contributed by atoms with Crippen LogP contribution in [0.4, 0.5) is 5.69 Å². The van der Waals surface area contributed by atoms with Gasteiger partial charge in [-0.15, -0.1) is 0 Å². The van der Waals surface area contributed by atoms with E-state index in [1.54, 1.807) is 41.9 Å². The summed E-state index contributed by atoms with van der Waals surface area (Å²) < 4.78 is 1.71. The minimum Gasteiger partial charge on any atom is -0.399 e. The Labute approximate surface area is 119 Å². The molecule has 1 aromatic carbocycles. The van der Waals surface area contributed by atoms with Crippen LogP contribution in [0.25, 0.3) is 5.69 Å². The lowest BCUT2D eigenvalue weighted by atomic mass is 10.1. The molecule has 2 rings (SSSR count). The Hall–Kier alpha value is -2.30. The summed E-state index contributed by atoms with van der Waals surface area (Å²) in [6.45, 7) is 4.16. The van der Waals surface area contributed by atoms with Crippen LogP contribution >= 0.6 is 0 Å². The molecule has 106 valence electrons. The zero-order chi connectivity index (χ0) is 14.9. The maximum absolute atomic E-state index is 12.2. The van der Waals surface area contributed by atoms with Crippen molar-refractivity contribution in [3.8, 4) is 5.69 Å². The van der Waals surface area contributed by atoms with E-state index in [1.807, 2.05) is 12.3 Å². The van der Waals surface area contributed by atoms with E-state index in [9.17, 15) is 4.79 Å². The molecular weight excluding hydrogens is 252 g/mol. The quantitative estimate of drug-likeness (QED) is 0.872. The highest BCUT2D eigenvalue weighted by atomic mass is 16.2. The van der Waals surface area contributed by atoms with Gasteiger partial charge in [0, 0.05) is 26.0 Å². The Bertz CT molecular complexity index is 629. The molecule has 1 amide bonds. The van der Waals surface area contributed by atoms with Crippen molar-refractivity contribution in [1.29, 1.82) is 0 Å². The highest BCUT2D eigenvalue weighted by Crippen LogP contribution is 2.21. The van der Waals surface area contributed by atoms with Crippen LogP contribution in [0.2, 0.25) is 0 Å². The minimum atomic E-state index is -0.0680. The lowest BCUT2D eigenvalue weighted by molar-refractivity contribution is 0.0827. The molecule has 0 aliphatic carbocycles. The number of benzene rings is 1. The van der Waals surface area contributed by atoms with Gasteiger partial charge in [0.05, 0.1) is 16.9 Å². The molecular formula is C15H20N4O. The fourth-order valence-corrected chi connectivity index (χ4v) is 1.94. The summed E-state index contributed by atoms with van der Waals surface area (Å²) in [5.74, 6) is 0.270. The van der Waals surface area contributed by atoms with Gasteiger partial charge in [0.2, 0.25) is 0 Å². The first-order valence-electron chi connectivity index (χ1n) is 6.57. The van der Waals surface area contributed by atoms with E-state index < -0.39 is 0 Å². The van der Waals surface area contributed by atoms with Gasteiger partial charge >= 0.3 is 0 Å². The van der Waals surface area contributed by atoms with E-state index in [2.05, 4.69) is 18.9 Å². The third-order valence-corrected chi connectivity index (χ3v) is 3.11. The molecule has 20 heavy (non-hydrogen) atoms. The van der Waals surface area contributed by atoms with Crippen LogP contribution in [0.15, 0.2) is 30.5 Å². The van der Waals surface area contributed by atoms with Crippen LogP contribution in [0.1, 0.15) is 35.8 Å². The Morgan fingerprint density at radius 3 is 2.55 bits per heavy atom. The van der Waals surface area contributed by atoms with Crippen molar-refractivity contribution in [2.45, 2.75) is 19.8 Å². The number of carbonyl (C=O) groups excluding carboxylic acids is 1. The van der Waals surface area contributed by atoms with Gasteiger partial charge < -0.3 is 10.6 Å². The van der Waals surface area contributed by atoms with E-state index in [-0.39, 0.29) is 5.91 Å².